The van der Waals surface area contributed by atoms with Crippen molar-refractivity contribution in [1.29, 1.82) is 0 Å². The number of amidine groups is 1. The van der Waals surface area contributed by atoms with E-state index in [1.165, 1.54) is 0 Å². The fourth-order valence-corrected chi connectivity index (χ4v) is 0.760. The van der Waals surface area contributed by atoms with Crippen LogP contribution in [0.1, 0.15) is 13.3 Å². The topological polar surface area (TPSA) is 73.9 Å². The Morgan fingerprint density at radius 3 is 2.69 bits per heavy atom. The minimum absolute atomic E-state index is 0.269. The highest BCUT2D eigenvalue weighted by Crippen LogP contribution is 1.88. The van der Waals surface area contributed by atoms with Crippen molar-refractivity contribution in [2.75, 3.05) is 27.2 Å². The highest BCUT2D eigenvalue weighted by molar-refractivity contribution is 5.79. The summed E-state index contributed by atoms with van der Waals surface area (Å²) in [7, 11) is 4.08. The van der Waals surface area contributed by atoms with E-state index in [1.807, 2.05) is 14.1 Å². The first-order chi connectivity index (χ1) is 6.07. The van der Waals surface area contributed by atoms with Gasteiger partial charge in [0.2, 0.25) is 0 Å². The van der Waals surface area contributed by atoms with Crippen LogP contribution in [0, 0.1) is 0 Å². The first-order valence-electron chi connectivity index (χ1n) is 4.41. The molecule has 0 saturated heterocycles. The largest absolute Gasteiger partial charge is 0.409 e. The van der Waals surface area contributed by atoms with Crippen LogP contribution in [-0.4, -0.2) is 49.2 Å². The van der Waals surface area contributed by atoms with Gasteiger partial charge in [0, 0.05) is 25.6 Å². The molecule has 5 heteroatoms. The average molecular weight is 188 g/mol. The van der Waals surface area contributed by atoms with Crippen molar-refractivity contribution in [2.45, 2.75) is 19.4 Å². The van der Waals surface area contributed by atoms with Crippen molar-refractivity contribution in [1.82, 2.24) is 10.2 Å². The minimum Gasteiger partial charge on any atom is -0.409 e. The molecule has 0 aromatic carbocycles. The van der Waals surface area contributed by atoms with E-state index >= 15 is 0 Å². The molecule has 0 aliphatic heterocycles. The molecule has 0 spiro atoms. The average Bonchev–Trinajstić information content (AvgIpc) is 2.11. The second kappa shape index (κ2) is 6.68. The molecule has 1 unspecified atom stereocenters. The monoisotopic (exact) mass is 188 g/mol. The van der Waals surface area contributed by atoms with Crippen molar-refractivity contribution in [3.63, 3.8) is 0 Å². The van der Waals surface area contributed by atoms with Gasteiger partial charge in [-0.2, -0.15) is 0 Å². The Labute approximate surface area is 79.6 Å². The number of rotatable bonds is 6. The SMILES string of the molecule is CC(CNCCC(N)=NO)N(C)C. The number of nitrogens with zero attached hydrogens (tertiary/aromatic N) is 2. The lowest BCUT2D eigenvalue weighted by molar-refractivity contribution is 0.303. The molecule has 4 N–H and O–H groups in total. The summed E-state index contributed by atoms with van der Waals surface area (Å²) >= 11 is 0. The van der Waals surface area contributed by atoms with E-state index in [0.29, 0.717) is 12.5 Å². The normalized spacial score (nSPS) is 14.9. The van der Waals surface area contributed by atoms with E-state index in [9.17, 15) is 0 Å². The first-order valence-corrected chi connectivity index (χ1v) is 4.41. The van der Waals surface area contributed by atoms with Gasteiger partial charge in [-0.15, -0.1) is 0 Å². The molecule has 13 heavy (non-hydrogen) atoms. The fourth-order valence-electron chi connectivity index (χ4n) is 0.760. The predicted molar refractivity (Wildman–Crippen MR) is 54.0 cm³/mol. The molecule has 0 heterocycles. The summed E-state index contributed by atoms with van der Waals surface area (Å²) in [5, 5.41) is 14.4. The molecule has 0 amide bonds. The molecular formula is C8H20N4O. The maximum absolute atomic E-state index is 8.26. The summed E-state index contributed by atoms with van der Waals surface area (Å²) in [4.78, 5) is 2.14. The molecule has 78 valence electrons. The van der Waals surface area contributed by atoms with E-state index < -0.39 is 0 Å². The Kier molecular flexibility index (Phi) is 6.26. The summed E-state index contributed by atoms with van der Waals surface area (Å²) in [6.07, 6.45) is 0.580. The van der Waals surface area contributed by atoms with E-state index in [4.69, 9.17) is 10.9 Å². The minimum atomic E-state index is 0.269. The number of nitrogens with two attached hydrogens (primary N) is 1. The lowest BCUT2D eigenvalue weighted by Crippen LogP contribution is -2.36. The zero-order valence-electron chi connectivity index (χ0n) is 8.62. The third-order valence-electron chi connectivity index (χ3n) is 2.01. The zero-order chi connectivity index (χ0) is 10.3. The summed E-state index contributed by atoms with van der Waals surface area (Å²) in [5.74, 6) is 0.269. The van der Waals surface area contributed by atoms with E-state index in [0.717, 1.165) is 13.1 Å². The number of likely N-dealkylation sites (N-methyl/N-ethyl adjacent to an activating group) is 1. The van der Waals surface area contributed by atoms with Crippen LogP contribution < -0.4 is 11.1 Å². The molecule has 0 rings (SSSR count). The van der Waals surface area contributed by atoms with Gasteiger partial charge in [0.05, 0.1) is 0 Å². The van der Waals surface area contributed by atoms with Gasteiger partial charge >= 0.3 is 0 Å². The standard InChI is InChI=1S/C8H20N4O/c1-7(12(2)3)6-10-5-4-8(9)11-13/h7,10,13H,4-6H2,1-3H3,(H2,9,11). The second-order valence-electron chi connectivity index (χ2n) is 3.36. The van der Waals surface area contributed by atoms with Gasteiger partial charge in [0.1, 0.15) is 5.84 Å². The van der Waals surface area contributed by atoms with Crippen molar-refractivity contribution in [3.05, 3.63) is 0 Å². The Balaban J connectivity index is 3.36. The molecule has 0 aromatic rings. The van der Waals surface area contributed by atoms with Gasteiger partial charge in [-0.3, -0.25) is 0 Å². The Hall–Kier alpha value is -0.810. The van der Waals surface area contributed by atoms with Crippen LogP contribution >= 0.6 is 0 Å². The van der Waals surface area contributed by atoms with Crippen LogP contribution in [0.15, 0.2) is 5.16 Å². The highest BCUT2D eigenvalue weighted by atomic mass is 16.4. The summed E-state index contributed by atoms with van der Waals surface area (Å²) < 4.78 is 0. The van der Waals surface area contributed by atoms with Gasteiger partial charge in [-0.25, -0.2) is 0 Å². The summed E-state index contributed by atoms with van der Waals surface area (Å²) in [6.45, 7) is 3.79. The van der Waals surface area contributed by atoms with Gasteiger partial charge in [0.15, 0.2) is 0 Å². The number of oxime groups is 1. The second-order valence-corrected chi connectivity index (χ2v) is 3.36. The third-order valence-corrected chi connectivity index (χ3v) is 2.01. The molecule has 1 atom stereocenters. The van der Waals surface area contributed by atoms with Crippen molar-refractivity contribution < 1.29 is 5.21 Å². The quantitative estimate of drug-likeness (QED) is 0.175. The van der Waals surface area contributed by atoms with Crippen LogP contribution in [-0.2, 0) is 0 Å². The van der Waals surface area contributed by atoms with Gasteiger partial charge in [-0.1, -0.05) is 5.16 Å². The number of hydrogen-bond acceptors (Lipinski definition) is 4. The molecule has 0 fully saturated rings. The lowest BCUT2D eigenvalue weighted by atomic mass is 10.3. The third kappa shape index (κ3) is 6.36. The van der Waals surface area contributed by atoms with Crippen molar-refractivity contribution in [2.24, 2.45) is 10.9 Å². The van der Waals surface area contributed by atoms with Crippen LogP contribution in [0.2, 0.25) is 0 Å². The van der Waals surface area contributed by atoms with Crippen LogP contribution in [0.4, 0.5) is 0 Å². The van der Waals surface area contributed by atoms with Crippen LogP contribution in [0.3, 0.4) is 0 Å². The van der Waals surface area contributed by atoms with E-state index in [1.54, 1.807) is 0 Å². The van der Waals surface area contributed by atoms with Crippen LogP contribution in [0.25, 0.3) is 0 Å². The van der Waals surface area contributed by atoms with Crippen LogP contribution in [0.5, 0.6) is 0 Å². The first kappa shape index (κ1) is 12.2. The van der Waals surface area contributed by atoms with E-state index in [2.05, 4.69) is 22.3 Å². The van der Waals surface area contributed by atoms with Crippen molar-refractivity contribution in [3.8, 4) is 0 Å². The van der Waals surface area contributed by atoms with Gasteiger partial charge in [0.25, 0.3) is 0 Å². The number of nitrogens with one attached hydrogen (secondary N) is 1. The molecule has 0 aliphatic rings. The Bertz CT molecular complexity index is 158. The molecule has 0 aromatic heterocycles. The molecule has 0 bridgehead atoms. The molecule has 0 aliphatic carbocycles. The fraction of sp³-hybridized carbons (Fsp3) is 0.875. The maximum atomic E-state index is 8.26. The smallest absolute Gasteiger partial charge is 0.140 e. The van der Waals surface area contributed by atoms with Gasteiger partial charge < -0.3 is 21.2 Å². The maximum Gasteiger partial charge on any atom is 0.140 e. The molecular weight excluding hydrogens is 168 g/mol. The highest BCUT2D eigenvalue weighted by Gasteiger charge is 2.02. The number of hydrogen-bond donors (Lipinski definition) is 3. The van der Waals surface area contributed by atoms with E-state index in [-0.39, 0.29) is 5.84 Å². The predicted octanol–water partition coefficient (Wildman–Crippen LogP) is -0.337. The van der Waals surface area contributed by atoms with Gasteiger partial charge in [-0.05, 0) is 21.0 Å². The Morgan fingerprint density at radius 1 is 1.62 bits per heavy atom. The Morgan fingerprint density at radius 2 is 2.23 bits per heavy atom. The van der Waals surface area contributed by atoms with Crippen molar-refractivity contribution >= 4 is 5.84 Å². The molecule has 5 nitrogen and oxygen atoms in total. The summed E-state index contributed by atoms with van der Waals surface area (Å²) in [5.41, 5.74) is 5.30. The molecule has 0 radical (unpaired) electrons. The lowest BCUT2D eigenvalue weighted by Gasteiger charge is -2.19. The zero-order valence-corrected chi connectivity index (χ0v) is 8.62. The molecule has 0 saturated carbocycles. The summed E-state index contributed by atoms with van der Waals surface area (Å²) in [6, 6.07) is 0.493.